The van der Waals surface area contributed by atoms with Gasteiger partial charge in [0.2, 0.25) is 5.91 Å². The van der Waals surface area contributed by atoms with Crippen LogP contribution in [0, 0.1) is 0 Å². The molecule has 6 nitrogen and oxygen atoms in total. The normalized spacial score (nSPS) is 26.9. The summed E-state index contributed by atoms with van der Waals surface area (Å²) in [6.45, 7) is 7.04. The highest BCUT2D eigenvalue weighted by molar-refractivity contribution is 5.73. The number of rotatable bonds is 2. The second-order valence-corrected chi connectivity index (χ2v) is 6.06. The van der Waals surface area contributed by atoms with Crippen molar-refractivity contribution >= 4 is 5.91 Å². The molecule has 1 atom stereocenters. The van der Waals surface area contributed by atoms with Crippen LogP contribution in [0.4, 0.5) is 0 Å². The monoisotopic (exact) mass is 305 g/mol. The van der Waals surface area contributed by atoms with E-state index < -0.39 is 5.60 Å². The van der Waals surface area contributed by atoms with Crippen molar-refractivity contribution in [3.8, 4) is 0 Å². The predicted octanol–water partition coefficient (Wildman–Crippen LogP) is 0.531. The van der Waals surface area contributed by atoms with E-state index >= 15 is 0 Å². The first kappa shape index (κ1) is 15.4. The van der Waals surface area contributed by atoms with Gasteiger partial charge in [-0.1, -0.05) is 6.07 Å². The lowest BCUT2D eigenvalue weighted by molar-refractivity contribution is -0.151. The van der Waals surface area contributed by atoms with Gasteiger partial charge in [0, 0.05) is 39.3 Å². The van der Waals surface area contributed by atoms with E-state index in [9.17, 15) is 4.79 Å². The lowest BCUT2D eigenvalue weighted by Gasteiger charge is -2.43. The molecule has 0 saturated carbocycles. The Morgan fingerprint density at radius 2 is 2.23 bits per heavy atom. The molecule has 3 rings (SSSR count). The molecule has 0 aromatic carbocycles. The number of pyridine rings is 1. The van der Waals surface area contributed by atoms with Crippen molar-refractivity contribution in [1.29, 1.82) is 0 Å². The largest absolute Gasteiger partial charge is 0.376 e. The Hall–Kier alpha value is -1.50. The van der Waals surface area contributed by atoms with Gasteiger partial charge in [0.05, 0.1) is 32.1 Å². The lowest BCUT2D eigenvalue weighted by atomic mass is 10.0. The van der Waals surface area contributed by atoms with Gasteiger partial charge in [-0.2, -0.15) is 0 Å². The van der Waals surface area contributed by atoms with Crippen LogP contribution in [0.2, 0.25) is 0 Å². The average molecular weight is 305 g/mol. The third-order valence-electron chi connectivity index (χ3n) is 4.23. The van der Waals surface area contributed by atoms with Gasteiger partial charge in [-0.15, -0.1) is 0 Å². The summed E-state index contributed by atoms with van der Waals surface area (Å²) in [5.74, 6) is 0.0790. The Kier molecular flexibility index (Phi) is 4.71. The first-order valence-corrected chi connectivity index (χ1v) is 7.76. The summed E-state index contributed by atoms with van der Waals surface area (Å²) >= 11 is 0. The second kappa shape index (κ2) is 6.73. The van der Waals surface area contributed by atoms with Gasteiger partial charge < -0.3 is 14.4 Å². The van der Waals surface area contributed by atoms with Crippen LogP contribution in [0.25, 0.3) is 0 Å². The number of carbonyl (C=O) groups is 1. The van der Waals surface area contributed by atoms with Crippen molar-refractivity contribution < 1.29 is 14.3 Å². The Bertz CT molecular complexity index is 511. The zero-order valence-corrected chi connectivity index (χ0v) is 13.0. The van der Waals surface area contributed by atoms with E-state index in [1.165, 1.54) is 0 Å². The van der Waals surface area contributed by atoms with Gasteiger partial charge in [-0.25, -0.2) is 0 Å². The Balaban J connectivity index is 1.69. The smallest absolute Gasteiger partial charge is 0.219 e. The van der Waals surface area contributed by atoms with Crippen LogP contribution in [0.3, 0.4) is 0 Å². The highest BCUT2D eigenvalue weighted by atomic mass is 16.5. The van der Waals surface area contributed by atoms with Crippen LogP contribution in [-0.2, 0) is 20.8 Å². The summed E-state index contributed by atoms with van der Waals surface area (Å²) in [7, 11) is 0. The summed E-state index contributed by atoms with van der Waals surface area (Å²) < 4.78 is 11.8. The van der Waals surface area contributed by atoms with E-state index in [-0.39, 0.29) is 5.91 Å². The number of ether oxygens (including phenoxy) is 2. The fraction of sp³-hybridized carbons (Fsp3) is 0.625. The molecule has 0 aliphatic carbocycles. The highest BCUT2D eigenvalue weighted by Gasteiger charge is 2.40. The number of carbonyl (C=O) groups excluding carboxylic acids is 1. The molecule has 120 valence electrons. The first-order valence-electron chi connectivity index (χ1n) is 7.76. The molecule has 3 heterocycles. The highest BCUT2D eigenvalue weighted by Crippen LogP contribution is 2.23. The maximum atomic E-state index is 11.7. The van der Waals surface area contributed by atoms with Gasteiger partial charge in [0.25, 0.3) is 0 Å². The summed E-state index contributed by atoms with van der Waals surface area (Å²) in [6, 6.07) is 5.96. The van der Waals surface area contributed by atoms with Gasteiger partial charge in [0.1, 0.15) is 5.60 Å². The number of hydrogen-bond acceptors (Lipinski definition) is 5. The van der Waals surface area contributed by atoms with Crippen molar-refractivity contribution in [3.63, 3.8) is 0 Å². The molecule has 1 spiro atoms. The molecule has 0 N–H and O–H groups in total. The molecule has 0 radical (unpaired) electrons. The van der Waals surface area contributed by atoms with Crippen LogP contribution >= 0.6 is 0 Å². The molecule has 6 heteroatoms. The molecule has 2 saturated heterocycles. The molecular formula is C16H23N3O3. The number of amides is 1. The van der Waals surface area contributed by atoms with E-state index in [1.54, 1.807) is 6.92 Å². The van der Waals surface area contributed by atoms with Crippen molar-refractivity contribution in [1.82, 2.24) is 14.8 Å². The number of hydrogen-bond donors (Lipinski definition) is 0. The molecule has 1 amide bonds. The SMILES string of the molecule is CC(=O)N1CCOC[C@]2(CN(Cc3ccccn3)CCO2)C1. The third-order valence-corrected chi connectivity index (χ3v) is 4.23. The number of nitrogens with zero attached hydrogens (tertiary/aromatic N) is 3. The van der Waals surface area contributed by atoms with Gasteiger partial charge in [-0.3, -0.25) is 14.7 Å². The van der Waals surface area contributed by atoms with Gasteiger partial charge in [-0.05, 0) is 12.1 Å². The minimum atomic E-state index is -0.421. The Morgan fingerprint density at radius 3 is 3.00 bits per heavy atom. The third kappa shape index (κ3) is 3.63. The van der Waals surface area contributed by atoms with E-state index in [4.69, 9.17) is 9.47 Å². The van der Waals surface area contributed by atoms with Crippen LogP contribution < -0.4 is 0 Å². The maximum absolute atomic E-state index is 11.7. The summed E-state index contributed by atoms with van der Waals surface area (Å²) in [5, 5.41) is 0. The standard InChI is InChI=1S/C16H23N3O3/c1-14(20)19-7-8-21-13-16(12-19)11-18(6-9-22-16)10-15-4-2-3-5-17-15/h2-5H,6-13H2,1H3/t16-/m0/s1. The van der Waals surface area contributed by atoms with Gasteiger partial charge in [0.15, 0.2) is 0 Å². The van der Waals surface area contributed by atoms with Crippen molar-refractivity contribution in [2.75, 3.05) is 46.0 Å². The quantitative estimate of drug-likeness (QED) is 0.798. The summed E-state index contributed by atoms with van der Waals surface area (Å²) in [4.78, 5) is 20.3. The minimum Gasteiger partial charge on any atom is -0.376 e. The van der Waals surface area contributed by atoms with Crippen molar-refractivity contribution in [2.24, 2.45) is 0 Å². The summed E-state index contributed by atoms with van der Waals surface area (Å²) in [5.41, 5.74) is 0.632. The average Bonchev–Trinajstić information content (AvgIpc) is 2.71. The molecule has 2 aliphatic heterocycles. The molecule has 22 heavy (non-hydrogen) atoms. The van der Waals surface area contributed by atoms with Crippen LogP contribution in [0.15, 0.2) is 24.4 Å². The van der Waals surface area contributed by atoms with E-state index in [0.29, 0.717) is 32.9 Å². The van der Waals surface area contributed by atoms with E-state index in [2.05, 4.69) is 9.88 Å². The van der Waals surface area contributed by atoms with Crippen molar-refractivity contribution in [3.05, 3.63) is 30.1 Å². The molecule has 2 aliphatic rings. The summed E-state index contributed by atoms with van der Waals surface area (Å²) in [6.07, 6.45) is 1.82. The minimum absolute atomic E-state index is 0.0790. The number of morpholine rings is 1. The zero-order valence-electron chi connectivity index (χ0n) is 13.0. The molecule has 0 unspecified atom stereocenters. The second-order valence-electron chi connectivity index (χ2n) is 6.06. The zero-order chi connectivity index (χ0) is 15.4. The van der Waals surface area contributed by atoms with Gasteiger partial charge >= 0.3 is 0 Å². The van der Waals surface area contributed by atoms with Crippen LogP contribution in [0.1, 0.15) is 12.6 Å². The fourth-order valence-electron chi connectivity index (χ4n) is 3.14. The molecule has 2 fully saturated rings. The molecular weight excluding hydrogens is 282 g/mol. The molecule has 1 aromatic heterocycles. The topological polar surface area (TPSA) is 54.9 Å². The molecule has 0 bridgehead atoms. The lowest BCUT2D eigenvalue weighted by Crippen LogP contribution is -2.58. The fourth-order valence-corrected chi connectivity index (χ4v) is 3.14. The molecule has 1 aromatic rings. The maximum Gasteiger partial charge on any atom is 0.219 e. The van der Waals surface area contributed by atoms with E-state index in [1.807, 2.05) is 29.3 Å². The van der Waals surface area contributed by atoms with Crippen LogP contribution in [0.5, 0.6) is 0 Å². The van der Waals surface area contributed by atoms with Crippen LogP contribution in [-0.4, -0.2) is 72.3 Å². The van der Waals surface area contributed by atoms with Crippen molar-refractivity contribution in [2.45, 2.75) is 19.1 Å². The first-order chi connectivity index (χ1) is 10.7. The number of aromatic nitrogens is 1. The van der Waals surface area contributed by atoms with E-state index in [0.717, 1.165) is 25.3 Å². The Labute approximate surface area is 131 Å². The predicted molar refractivity (Wildman–Crippen MR) is 81.3 cm³/mol. The Morgan fingerprint density at radius 1 is 1.32 bits per heavy atom.